The molecular weight excluding hydrogens is 410 g/mol. The molecule has 4 rings (SSSR count). The van der Waals surface area contributed by atoms with E-state index in [1.54, 1.807) is 12.1 Å². The average molecular weight is 434 g/mol. The number of nitrogens with zero attached hydrogens (tertiary/aromatic N) is 5. The molecule has 8 heteroatoms. The minimum Gasteiger partial charge on any atom is -0.444 e. The number of amides is 1. The van der Waals surface area contributed by atoms with Crippen LogP contribution in [-0.4, -0.2) is 59.8 Å². The van der Waals surface area contributed by atoms with Crippen LogP contribution in [0.2, 0.25) is 0 Å². The largest absolute Gasteiger partial charge is 0.444 e. The second-order valence-electron chi connectivity index (χ2n) is 7.17. The molecule has 0 unspecified atom stereocenters. The number of piperidine rings is 1. The van der Waals surface area contributed by atoms with Crippen molar-refractivity contribution in [3.8, 4) is 0 Å². The molecule has 0 bridgehead atoms. The van der Waals surface area contributed by atoms with Crippen molar-refractivity contribution in [3.05, 3.63) is 34.7 Å². The van der Waals surface area contributed by atoms with Crippen LogP contribution in [0.25, 0.3) is 0 Å². The van der Waals surface area contributed by atoms with Crippen LogP contribution in [-0.2, 0) is 0 Å². The van der Waals surface area contributed by atoms with E-state index in [1.165, 1.54) is 19.3 Å². The minimum absolute atomic E-state index is 0.0686. The van der Waals surface area contributed by atoms with Gasteiger partial charge in [0.2, 0.25) is 0 Å². The number of carbonyl (C=O) groups is 1. The lowest BCUT2D eigenvalue weighted by Crippen LogP contribution is -2.49. The lowest BCUT2D eigenvalue weighted by molar-refractivity contribution is 0.0713. The Hall–Kier alpha value is -2.09. The second-order valence-corrected chi connectivity index (χ2v) is 7.95. The van der Waals surface area contributed by atoms with E-state index in [2.05, 4.69) is 48.9 Å². The SMILES string of the molecule is C[C@H]1CCCCN1c1ccc(N2CCN(C(=O)c3ccc(Br)o3)CC2)nn1. The van der Waals surface area contributed by atoms with E-state index < -0.39 is 0 Å². The molecule has 27 heavy (non-hydrogen) atoms. The van der Waals surface area contributed by atoms with E-state index in [-0.39, 0.29) is 5.91 Å². The minimum atomic E-state index is -0.0686. The molecule has 1 amide bonds. The molecule has 0 saturated carbocycles. The fourth-order valence-electron chi connectivity index (χ4n) is 3.80. The van der Waals surface area contributed by atoms with Crippen molar-refractivity contribution in [2.75, 3.05) is 42.5 Å². The van der Waals surface area contributed by atoms with Crippen LogP contribution >= 0.6 is 15.9 Å². The highest BCUT2D eigenvalue weighted by atomic mass is 79.9. The van der Waals surface area contributed by atoms with Gasteiger partial charge in [-0.3, -0.25) is 4.79 Å². The Morgan fingerprint density at radius 2 is 1.78 bits per heavy atom. The van der Waals surface area contributed by atoms with E-state index in [0.29, 0.717) is 29.6 Å². The molecule has 2 aromatic rings. The van der Waals surface area contributed by atoms with E-state index in [0.717, 1.165) is 31.3 Å². The van der Waals surface area contributed by atoms with Crippen LogP contribution in [0.15, 0.2) is 33.4 Å². The van der Waals surface area contributed by atoms with Gasteiger partial charge in [0, 0.05) is 38.8 Å². The Morgan fingerprint density at radius 1 is 1.04 bits per heavy atom. The molecule has 2 aliphatic rings. The molecule has 0 aliphatic carbocycles. The summed E-state index contributed by atoms with van der Waals surface area (Å²) in [7, 11) is 0. The third-order valence-electron chi connectivity index (χ3n) is 5.41. The Morgan fingerprint density at radius 3 is 2.41 bits per heavy atom. The van der Waals surface area contributed by atoms with Gasteiger partial charge in [-0.1, -0.05) is 0 Å². The summed E-state index contributed by atoms with van der Waals surface area (Å²) < 4.78 is 5.95. The van der Waals surface area contributed by atoms with Gasteiger partial charge in [-0.2, -0.15) is 0 Å². The van der Waals surface area contributed by atoms with Crippen LogP contribution in [0.5, 0.6) is 0 Å². The van der Waals surface area contributed by atoms with Crippen LogP contribution in [0.1, 0.15) is 36.7 Å². The molecule has 1 atom stereocenters. The Bertz CT molecular complexity index is 786. The standard InChI is InChI=1S/C19H24BrN5O2/c1-14-4-2-3-9-25(14)18-8-7-17(21-22-18)23-10-12-24(13-11-23)19(26)15-5-6-16(20)27-15/h5-8,14H,2-4,9-13H2,1H3/t14-/m0/s1. The molecule has 2 fully saturated rings. The number of carbonyl (C=O) groups excluding carboxylic acids is 1. The van der Waals surface area contributed by atoms with Crippen LogP contribution in [0, 0.1) is 0 Å². The first kappa shape index (κ1) is 18.3. The number of hydrogen-bond acceptors (Lipinski definition) is 6. The van der Waals surface area contributed by atoms with E-state index in [4.69, 9.17) is 4.42 Å². The maximum absolute atomic E-state index is 12.5. The van der Waals surface area contributed by atoms with E-state index in [1.807, 2.05) is 11.0 Å². The quantitative estimate of drug-likeness (QED) is 0.740. The predicted octanol–water partition coefficient (Wildman–Crippen LogP) is 3.17. The summed E-state index contributed by atoms with van der Waals surface area (Å²) in [5, 5.41) is 8.92. The molecule has 7 nitrogen and oxygen atoms in total. The lowest BCUT2D eigenvalue weighted by Gasteiger charge is -2.36. The summed E-state index contributed by atoms with van der Waals surface area (Å²) in [5.41, 5.74) is 0. The van der Waals surface area contributed by atoms with E-state index >= 15 is 0 Å². The third-order valence-corrected chi connectivity index (χ3v) is 5.83. The van der Waals surface area contributed by atoms with Crippen molar-refractivity contribution < 1.29 is 9.21 Å². The zero-order valence-electron chi connectivity index (χ0n) is 15.5. The van der Waals surface area contributed by atoms with Crippen LogP contribution in [0.4, 0.5) is 11.6 Å². The summed E-state index contributed by atoms with van der Waals surface area (Å²) >= 11 is 3.24. The molecule has 0 spiro atoms. The van der Waals surface area contributed by atoms with Crippen molar-refractivity contribution in [1.29, 1.82) is 0 Å². The van der Waals surface area contributed by atoms with Gasteiger partial charge in [-0.25, -0.2) is 0 Å². The molecular formula is C19H24BrN5O2. The highest BCUT2D eigenvalue weighted by Crippen LogP contribution is 2.24. The van der Waals surface area contributed by atoms with Crippen molar-refractivity contribution in [2.45, 2.75) is 32.2 Å². The first-order valence-electron chi connectivity index (χ1n) is 9.52. The second kappa shape index (κ2) is 7.88. The topological polar surface area (TPSA) is 65.7 Å². The van der Waals surface area contributed by atoms with Gasteiger partial charge in [0.15, 0.2) is 22.1 Å². The zero-order valence-corrected chi connectivity index (χ0v) is 17.1. The Kier molecular flexibility index (Phi) is 5.33. The molecule has 0 N–H and O–H groups in total. The van der Waals surface area contributed by atoms with Crippen molar-refractivity contribution >= 4 is 33.5 Å². The molecule has 0 aromatic carbocycles. The first-order chi connectivity index (χ1) is 13.1. The van der Waals surface area contributed by atoms with Crippen LogP contribution in [0.3, 0.4) is 0 Å². The normalized spacial score (nSPS) is 20.8. The van der Waals surface area contributed by atoms with Crippen LogP contribution < -0.4 is 9.80 Å². The summed E-state index contributed by atoms with van der Waals surface area (Å²) in [4.78, 5) is 18.8. The third kappa shape index (κ3) is 3.95. The fraction of sp³-hybridized carbons (Fsp3) is 0.526. The summed E-state index contributed by atoms with van der Waals surface area (Å²) in [6.07, 6.45) is 3.72. The molecule has 2 aromatic heterocycles. The molecule has 2 saturated heterocycles. The van der Waals surface area contributed by atoms with Crippen molar-refractivity contribution in [2.24, 2.45) is 0 Å². The van der Waals surface area contributed by atoms with Gasteiger partial charge in [0.25, 0.3) is 5.91 Å². The van der Waals surface area contributed by atoms with Crippen molar-refractivity contribution in [1.82, 2.24) is 15.1 Å². The number of rotatable bonds is 3. The van der Waals surface area contributed by atoms with Gasteiger partial charge < -0.3 is 19.1 Å². The summed E-state index contributed by atoms with van der Waals surface area (Å²) in [6.45, 7) is 6.07. The van der Waals surface area contributed by atoms with Gasteiger partial charge in [-0.15, -0.1) is 10.2 Å². The number of halogens is 1. The zero-order chi connectivity index (χ0) is 18.8. The number of piperazine rings is 1. The molecule has 2 aliphatic heterocycles. The van der Waals surface area contributed by atoms with Crippen molar-refractivity contribution in [3.63, 3.8) is 0 Å². The maximum Gasteiger partial charge on any atom is 0.289 e. The van der Waals surface area contributed by atoms with E-state index in [9.17, 15) is 4.79 Å². The average Bonchev–Trinajstić information content (AvgIpc) is 3.14. The summed E-state index contributed by atoms with van der Waals surface area (Å²) in [5.74, 6) is 2.13. The fourth-order valence-corrected chi connectivity index (χ4v) is 4.11. The van der Waals surface area contributed by atoms with Gasteiger partial charge >= 0.3 is 0 Å². The number of furan rings is 1. The number of hydrogen-bond donors (Lipinski definition) is 0. The monoisotopic (exact) mass is 433 g/mol. The van der Waals surface area contributed by atoms with Gasteiger partial charge in [-0.05, 0) is 66.4 Å². The number of anilines is 2. The maximum atomic E-state index is 12.5. The Labute approximate surface area is 167 Å². The first-order valence-corrected chi connectivity index (χ1v) is 10.3. The lowest BCUT2D eigenvalue weighted by atomic mass is 10.0. The highest BCUT2D eigenvalue weighted by Gasteiger charge is 2.25. The van der Waals surface area contributed by atoms with Gasteiger partial charge in [0.05, 0.1) is 0 Å². The summed E-state index contributed by atoms with van der Waals surface area (Å²) in [6, 6.07) is 8.08. The molecule has 4 heterocycles. The number of aromatic nitrogens is 2. The highest BCUT2D eigenvalue weighted by molar-refractivity contribution is 9.10. The Balaban J connectivity index is 1.36. The molecule has 0 radical (unpaired) electrons. The smallest absolute Gasteiger partial charge is 0.289 e. The molecule has 144 valence electrons. The predicted molar refractivity (Wildman–Crippen MR) is 107 cm³/mol. The van der Waals surface area contributed by atoms with Gasteiger partial charge in [0.1, 0.15) is 0 Å².